The summed E-state index contributed by atoms with van der Waals surface area (Å²) in [6.45, 7) is 4.27. The summed E-state index contributed by atoms with van der Waals surface area (Å²) in [4.78, 5) is 4.61. The molecule has 0 atom stereocenters. The number of fused-ring (bicyclic) bond motifs is 1. The number of aryl methyl sites for hydroxylation is 2. The quantitative estimate of drug-likeness (QED) is 0.684. The highest BCUT2D eigenvalue weighted by atomic mass is 35.5. The van der Waals surface area contributed by atoms with E-state index in [1.54, 1.807) is 11.3 Å². The van der Waals surface area contributed by atoms with Crippen molar-refractivity contribution in [3.8, 4) is 0 Å². The first kappa shape index (κ1) is 13.4. The highest BCUT2D eigenvalue weighted by Gasteiger charge is 2.10. The molecule has 1 N–H and O–H groups in total. The second kappa shape index (κ2) is 5.43. The van der Waals surface area contributed by atoms with Crippen LogP contribution in [0.4, 0.5) is 10.8 Å². The van der Waals surface area contributed by atoms with Crippen LogP contribution >= 0.6 is 22.9 Å². The number of para-hydroxylation sites is 1. The zero-order valence-corrected chi connectivity index (χ0v) is 13.0. The van der Waals surface area contributed by atoms with Gasteiger partial charge in [-0.15, -0.1) is 0 Å². The predicted octanol–water partition coefficient (Wildman–Crippen LogP) is 5.56. The summed E-state index contributed by atoms with van der Waals surface area (Å²) in [6.07, 6.45) is 0.996. The van der Waals surface area contributed by atoms with Crippen LogP contribution in [-0.4, -0.2) is 4.98 Å². The summed E-state index contributed by atoms with van der Waals surface area (Å²) in [6, 6.07) is 12.2. The summed E-state index contributed by atoms with van der Waals surface area (Å²) in [5.41, 5.74) is 4.63. The monoisotopic (exact) mass is 302 g/mol. The maximum atomic E-state index is 6.21. The molecule has 2 aromatic carbocycles. The molecule has 0 aliphatic rings. The van der Waals surface area contributed by atoms with Gasteiger partial charge in [-0.1, -0.05) is 54.1 Å². The van der Waals surface area contributed by atoms with E-state index in [0.717, 1.165) is 32.5 Å². The highest BCUT2D eigenvalue weighted by Crippen LogP contribution is 2.34. The topological polar surface area (TPSA) is 24.9 Å². The van der Waals surface area contributed by atoms with Gasteiger partial charge in [-0.3, -0.25) is 0 Å². The van der Waals surface area contributed by atoms with E-state index in [1.807, 2.05) is 18.2 Å². The summed E-state index contributed by atoms with van der Waals surface area (Å²) < 4.78 is 1.03. The Balaban J connectivity index is 2.03. The van der Waals surface area contributed by atoms with Crippen molar-refractivity contribution in [3.63, 3.8) is 0 Å². The average molecular weight is 303 g/mol. The van der Waals surface area contributed by atoms with Gasteiger partial charge in [0.05, 0.1) is 15.2 Å². The van der Waals surface area contributed by atoms with Gasteiger partial charge in [0.15, 0.2) is 5.13 Å². The molecule has 0 radical (unpaired) electrons. The summed E-state index contributed by atoms with van der Waals surface area (Å²) in [5, 5.41) is 5.10. The van der Waals surface area contributed by atoms with Crippen molar-refractivity contribution in [2.24, 2.45) is 0 Å². The predicted molar refractivity (Wildman–Crippen MR) is 88.5 cm³/mol. The van der Waals surface area contributed by atoms with Crippen LogP contribution < -0.4 is 5.32 Å². The van der Waals surface area contributed by atoms with E-state index in [1.165, 1.54) is 11.1 Å². The van der Waals surface area contributed by atoms with E-state index >= 15 is 0 Å². The van der Waals surface area contributed by atoms with Crippen molar-refractivity contribution < 1.29 is 0 Å². The van der Waals surface area contributed by atoms with Crippen LogP contribution in [0.25, 0.3) is 10.2 Å². The van der Waals surface area contributed by atoms with Crippen LogP contribution in [0.5, 0.6) is 0 Å². The van der Waals surface area contributed by atoms with E-state index in [-0.39, 0.29) is 0 Å². The van der Waals surface area contributed by atoms with Crippen LogP contribution in [0.15, 0.2) is 36.4 Å². The Morgan fingerprint density at radius 2 is 2.00 bits per heavy atom. The Hall–Kier alpha value is -1.58. The largest absolute Gasteiger partial charge is 0.331 e. The third-order valence-corrected chi connectivity index (χ3v) is 4.79. The van der Waals surface area contributed by atoms with Gasteiger partial charge in [-0.05, 0) is 36.6 Å². The third kappa shape index (κ3) is 2.39. The third-order valence-electron chi connectivity index (χ3n) is 3.34. The van der Waals surface area contributed by atoms with E-state index in [0.29, 0.717) is 0 Å². The minimum atomic E-state index is 0.758. The minimum Gasteiger partial charge on any atom is -0.331 e. The van der Waals surface area contributed by atoms with Crippen molar-refractivity contribution in [3.05, 3.63) is 52.5 Å². The number of thiazole rings is 1. The molecule has 0 saturated carbocycles. The molecule has 102 valence electrons. The number of hydrogen-bond acceptors (Lipinski definition) is 3. The molecule has 0 bridgehead atoms. The van der Waals surface area contributed by atoms with E-state index < -0.39 is 0 Å². The van der Waals surface area contributed by atoms with Crippen molar-refractivity contribution in [1.82, 2.24) is 4.98 Å². The van der Waals surface area contributed by atoms with Crippen LogP contribution in [-0.2, 0) is 6.42 Å². The first-order valence-corrected chi connectivity index (χ1v) is 7.79. The number of halogens is 1. The molecular weight excluding hydrogens is 288 g/mol. The molecule has 20 heavy (non-hydrogen) atoms. The molecule has 0 aliphatic carbocycles. The van der Waals surface area contributed by atoms with Crippen molar-refractivity contribution in [2.75, 3.05) is 5.32 Å². The normalized spacial score (nSPS) is 10.9. The zero-order valence-electron chi connectivity index (χ0n) is 11.4. The Kier molecular flexibility index (Phi) is 3.64. The van der Waals surface area contributed by atoms with Crippen LogP contribution in [0.2, 0.25) is 5.02 Å². The van der Waals surface area contributed by atoms with Gasteiger partial charge in [0.1, 0.15) is 0 Å². The lowest BCUT2D eigenvalue weighted by atomic mass is 10.1. The van der Waals surface area contributed by atoms with Gasteiger partial charge in [0.25, 0.3) is 0 Å². The Labute approximate surface area is 127 Å². The number of nitrogens with one attached hydrogen (secondary N) is 1. The summed E-state index contributed by atoms with van der Waals surface area (Å²) >= 11 is 7.80. The summed E-state index contributed by atoms with van der Waals surface area (Å²) in [7, 11) is 0. The fourth-order valence-electron chi connectivity index (χ4n) is 2.28. The number of anilines is 2. The molecule has 3 rings (SSSR count). The lowest BCUT2D eigenvalue weighted by molar-refractivity contribution is 1.13. The standard InChI is InChI=1S/C16H15ClN2S/c1-3-11-7-4-6-10(2)14(11)19-16-18-13-9-5-8-12(17)15(13)20-16/h4-9H,3H2,1-2H3,(H,18,19). The van der Waals surface area contributed by atoms with Crippen molar-refractivity contribution >= 4 is 44.0 Å². The zero-order chi connectivity index (χ0) is 14.1. The Morgan fingerprint density at radius 1 is 1.20 bits per heavy atom. The number of benzene rings is 2. The number of aromatic nitrogens is 1. The fraction of sp³-hybridized carbons (Fsp3) is 0.188. The van der Waals surface area contributed by atoms with E-state index in [9.17, 15) is 0 Å². The Morgan fingerprint density at radius 3 is 2.75 bits per heavy atom. The smallest absolute Gasteiger partial charge is 0.188 e. The summed E-state index contributed by atoms with van der Waals surface area (Å²) in [5.74, 6) is 0. The lowest BCUT2D eigenvalue weighted by Crippen LogP contribution is -1.97. The van der Waals surface area contributed by atoms with Crippen LogP contribution in [0.3, 0.4) is 0 Å². The van der Waals surface area contributed by atoms with Gasteiger partial charge in [0.2, 0.25) is 0 Å². The number of hydrogen-bond donors (Lipinski definition) is 1. The van der Waals surface area contributed by atoms with Crippen molar-refractivity contribution in [2.45, 2.75) is 20.3 Å². The average Bonchev–Trinajstić information content (AvgIpc) is 2.85. The second-order valence-electron chi connectivity index (χ2n) is 4.69. The lowest BCUT2D eigenvalue weighted by Gasteiger charge is -2.11. The van der Waals surface area contributed by atoms with Gasteiger partial charge in [-0.2, -0.15) is 0 Å². The van der Waals surface area contributed by atoms with Gasteiger partial charge in [-0.25, -0.2) is 4.98 Å². The highest BCUT2D eigenvalue weighted by molar-refractivity contribution is 7.22. The molecule has 4 heteroatoms. The molecule has 1 aromatic heterocycles. The molecule has 0 amide bonds. The molecule has 0 fully saturated rings. The molecule has 0 aliphatic heterocycles. The number of rotatable bonds is 3. The molecule has 0 spiro atoms. The van der Waals surface area contributed by atoms with Gasteiger partial charge in [0, 0.05) is 5.69 Å². The van der Waals surface area contributed by atoms with Crippen molar-refractivity contribution in [1.29, 1.82) is 0 Å². The molecule has 2 nitrogen and oxygen atoms in total. The molecule has 0 unspecified atom stereocenters. The van der Waals surface area contributed by atoms with Gasteiger partial charge < -0.3 is 5.32 Å². The SMILES string of the molecule is CCc1cccc(C)c1Nc1nc2cccc(Cl)c2s1. The first-order chi connectivity index (χ1) is 9.69. The maximum absolute atomic E-state index is 6.21. The Bertz CT molecular complexity index is 764. The fourth-order valence-corrected chi connectivity index (χ4v) is 3.44. The van der Waals surface area contributed by atoms with E-state index in [4.69, 9.17) is 11.6 Å². The van der Waals surface area contributed by atoms with Crippen LogP contribution in [0.1, 0.15) is 18.1 Å². The maximum Gasteiger partial charge on any atom is 0.188 e. The first-order valence-electron chi connectivity index (χ1n) is 6.59. The molecule has 1 heterocycles. The molecule has 0 saturated heterocycles. The number of nitrogens with zero attached hydrogens (tertiary/aromatic N) is 1. The second-order valence-corrected chi connectivity index (χ2v) is 6.10. The molecule has 3 aromatic rings. The minimum absolute atomic E-state index is 0.758. The van der Waals surface area contributed by atoms with E-state index in [2.05, 4.69) is 42.3 Å². The molecular formula is C16H15ClN2S. The van der Waals surface area contributed by atoms with Gasteiger partial charge >= 0.3 is 0 Å². The van der Waals surface area contributed by atoms with Crippen LogP contribution in [0, 0.1) is 6.92 Å².